The number of hydrogen-bond acceptors (Lipinski definition) is 5. The average Bonchev–Trinajstić information content (AvgIpc) is 2.98. The fourth-order valence-electron chi connectivity index (χ4n) is 1.65. The third kappa shape index (κ3) is 2.80. The largest absolute Gasteiger partial charge is 0.381 e. The SMILES string of the molecule is CCn1cc(S(=O)(=O)N(C)Cc2cccs2)c(N)n1. The highest BCUT2D eigenvalue weighted by Crippen LogP contribution is 2.22. The van der Waals surface area contributed by atoms with Gasteiger partial charge in [-0.05, 0) is 18.4 Å². The molecule has 6 nitrogen and oxygen atoms in total. The van der Waals surface area contributed by atoms with E-state index in [1.807, 2.05) is 24.4 Å². The fourth-order valence-corrected chi connectivity index (χ4v) is 3.70. The Bertz CT molecular complexity index is 646. The van der Waals surface area contributed by atoms with E-state index in [9.17, 15) is 8.42 Å². The Morgan fingerprint density at radius 2 is 2.26 bits per heavy atom. The Hall–Kier alpha value is -1.38. The summed E-state index contributed by atoms with van der Waals surface area (Å²) in [6.45, 7) is 2.78. The van der Waals surface area contributed by atoms with Gasteiger partial charge in [0, 0.05) is 31.2 Å². The minimum Gasteiger partial charge on any atom is -0.381 e. The van der Waals surface area contributed by atoms with Crippen molar-refractivity contribution in [2.45, 2.75) is 24.9 Å². The van der Waals surface area contributed by atoms with E-state index in [1.54, 1.807) is 0 Å². The molecule has 0 saturated carbocycles. The molecule has 19 heavy (non-hydrogen) atoms. The topological polar surface area (TPSA) is 81.2 Å². The van der Waals surface area contributed by atoms with Crippen LogP contribution in [-0.2, 0) is 23.1 Å². The minimum absolute atomic E-state index is 0.0416. The van der Waals surface area contributed by atoms with E-state index in [4.69, 9.17) is 5.73 Å². The number of rotatable bonds is 5. The van der Waals surface area contributed by atoms with Crippen molar-refractivity contribution in [3.8, 4) is 0 Å². The van der Waals surface area contributed by atoms with Crippen LogP contribution in [0.1, 0.15) is 11.8 Å². The first kappa shape index (κ1) is 14.0. The zero-order valence-corrected chi connectivity index (χ0v) is 12.4. The van der Waals surface area contributed by atoms with Crippen molar-refractivity contribution in [2.24, 2.45) is 0 Å². The van der Waals surface area contributed by atoms with Crippen LogP contribution < -0.4 is 5.73 Å². The number of anilines is 1. The summed E-state index contributed by atoms with van der Waals surface area (Å²) in [5, 5.41) is 5.88. The van der Waals surface area contributed by atoms with Gasteiger partial charge in [-0.1, -0.05) is 6.07 Å². The summed E-state index contributed by atoms with van der Waals surface area (Å²) < 4.78 is 27.6. The van der Waals surface area contributed by atoms with Gasteiger partial charge in [0.2, 0.25) is 10.0 Å². The molecule has 2 aromatic rings. The third-order valence-electron chi connectivity index (χ3n) is 2.73. The highest BCUT2D eigenvalue weighted by atomic mass is 32.2. The first-order valence-electron chi connectivity index (χ1n) is 5.76. The monoisotopic (exact) mass is 300 g/mol. The van der Waals surface area contributed by atoms with E-state index in [1.165, 1.54) is 33.6 Å². The molecule has 0 radical (unpaired) electrons. The summed E-state index contributed by atoms with van der Waals surface area (Å²) in [5.74, 6) is 0.0416. The van der Waals surface area contributed by atoms with Crippen LogP contribution in [0.4, 0.5) is 5.82 Å². The molecule has 0 saturated heterocycles. The smallest absolute Gasteiger partial charge is 0.248 e. The lowest BCUT2D eigenvalue weighted by molar-refractivity contribution is 0.470. The molecule has 0 aliphatic heterocycles. The number of nitrogen functional groups attached to an aromatic ring is 1. The second kappa shape index (κ2) is 5.32. The van der Waals surface area contributed by atoms with Crippen LogP contribution in [0.15, 0.2) is 28.6 Å². The maximum Gasteiger partial charge on any atom is 0.248 e. The van der Waals surface area contributed by atoms with Crippen molar-refractivity contribution >= 4 is 27.2 Å². The zero-order chi connectivity index (χ0) is 14.0. The number of aryl methyl sites for hydroxylation is 1. The number of thiophene rings is 1. The average molecular weight is 300 g/mol. The normalized spacial score (nSPS) is 12.2. The van der Waals surface area contributed by atoms with Gasteiger partial charge in [-0.15, -0.1) is 11.3 Å². The molecule has 0 amide bonds. The van der Waals surface area contributed by atoms with E-state index in [0.717, 1.165) is 4.88 Å². The van der Waals surface area contributed by atoms with Crippen LogP contribution in [0.3, 0.4) is 0 Å². The fraction of sp³-hybridized carbons (Fsp3) is 0.364. The standard InChI is InChI=1S/C11H16N4O2S2/c1-3-15-8-10(11(12)13-15)19(16,17)14(2)7-9-5-4-6-18-9/h4-6,8H,3,7H2,1-2H3,(H2,12,13). The Labute approximate surface area is 116 Å². The Morgan fingerprint density at radius 1 is 1.53 bits per heavy atom. The predicted octanol–water partition coefficient (Wildman–Crippen LogP) is 1.37. The summed E-state index contributed by atoms with van der Waals surface area (Å²) in [6, 6.07) is 3.79. The van der Waals surface area contributed by atoms with Gasteiger partial charge in [-0.3, -0.25) is 4.68 Å². The molecule has 0 spiro atoms. The summed E-state index contributed by atoms with van der Waals surface area (Å²) in [5.41, 5.74) is 5.68. The van der Waals surface area contributed by atoms with Crippen molar-refractivity contribution in [3.63, 3.8) is 0 Å². The van der Waals surface area contributed by atoms with Crippen LogP contribution >= 0.6 is 11.3 Å². The van der Waals surface area contributed by atoms with Gasteiger partial charge >= 0.3 is 0 Å². The van der Waals surface area contributed by atoms with Crippen molar-refractivity contribution in [1.82, 2.24) is 14.1 Å². The summed E-state index contributed by atoms with van der Waals surface area (Å²) >= 11 is 1.52. The van der Waals surface area contributed by atoms with E-state index in [2.05, 4.69) is 5.10 Å². The van der Waals surface area contributed by atoms with E-state index in [0.29, 0.717) is 13.1 Å². The van der Waals surface area contributed by atoms with Crippen molar-refractivity contribution in [1.29, 1.82) is 0 Å². The predicted molar refractivity (Wildman–Crippen MR) is 75.3 cm³/mol. The molecular formula is C11H16N4O2S2. The number of nitrogens with two attached hydrogens (primary N) is 1. The minimum atomic E-state index is -3.60. The van der Waals surface area contributed by atoms with Gasteiger partial charge in [0.05, 0.1) is 0 Å². The van der Waals surface area contributed by atoms with Gasteiger partial charge in [-0.25, -0.2) is 8.42 Å². The van der Waals surface area contributed by atoms with E-state index in [-0.39, 0.29) is 10.7 Å². The first-order valence-corrected chi connectivity index (χ1v) is 8.08. The number of sulfonamides is 1. The molecule has 104 valence electrons. The second-order valence-electron chi connectivity index (χ2n) is 4.07. The molecule has 2 heterocycles. The van der Waals surface area contributed by atoms with Gasteiger partial charge in [0.25, 0.3) is 0 Å². The van der Waals surface area contributed by atoms with Crippen LogP contribution in [0.2, 0.25) is 0 Å². The molecule has 0 unspecified atom stereocenters. The quantitative estimate of drug-likeness (QED) is 0.904. The van der Waals surface area contributed by atoms with Crippen LogP contribution in [0.25, 0.3) is 0 Å². The number of aromatic nitrogens is 2. The molecule has 2 N–H and O–H groups in total. The van der Waals surface area contributed by atoms with Gasteiger partial charge in [-0.2, -0.15) is 9.40 Å². The van der Waals surface area contributed by atoms with E-state index < -0.39 is 10.0 Å². The van der Waals surface area contributed by atoms with Gasteiger partial charge in [0.1, 0.15) is 4.90 Å². The zero-order valence-electron chi connectivity index (χ0n) is 10.8. The summed E-state index contributed by atoms with van der Waals surface area (Å²) in [6.07, 6.45) is 1.47. The molecule has 0 aliphatic carbocycles. The second-order valence-corrected chi connectivity index (χ2v) is 7.12. The Morgan fingerprint density at radius 3 is 2.79 bits per heavy atom. The number of hydrogen-bond donors (Lipinski definition) is 1. The van der Waals surface area contributed by atoms with Crippen LogP contribution in [-0.4, -0.2) is 29.6 Å². The van der Waals surface area contributed by atoms with Crippen LogP contribution in [0, 0.1) is 0 Å². The maximum absolute atomic E-state index is 12.4. The van der Waals surface area contributed by atoms with Crippen molar-refractivity contribution in [2.75, 3.05) is 12.8 Å². The summed E-state index contributed by atoms with van der Waals surface area (Å²) in [7, 11) is -2.06. The molecule has 0 bridgehead atoms. The highest BCUT2D eigenvalue weighted by molar-refractivity contribution is 7.89. The van der Waals surface area contributed by atoms with E-state index >= 15 is 0 Å². The molecule has 0 atom stereocenters. The maximum atomic E-state index is 12.4. The third-order valence-corrected chi connectivity index (χ3v) is 5.41. The van der Waals surface area contributed by atoms with Crippen molar-refractivity contribution in [3.05, 3.63) is 28.6 Å². The van der Waals surface area contributed by atoms with Gasteiger partial charge < -0.3 is 5.73 Å². The lowest BCUT2D eigenvalue weighted by Gasteiger charge is -2.15. The van der Waals surface area contributed by atoms with Gasteiger partial charge in [0.15, 0.2) is 5.82 Å². The Kier molecular flexibility index (Phi) is 3.93. The highest BCUT2D eigenvalue weighted by Gasteiger charge is 2.26. The van der Waals surface area contributed by atoms with Crippen molar-refractivity contribution < 1.29 is 8.42 Å². The summed E-state index contributed by atoms with van der Waals surface area (Å²) in [4.78, 5) is 1.04. The molecule has 8 heteroatoms. The lowest BCUT2D eigenvalue weighted by Crippen LogP contribution is -2.26. The first-order chi connectivity index (χ1) is 8.95. The lowest BCUT2D eigenvalue weighted by atomic mass is 10.5. The van der Waals surface area contributed by atoms with Crippen LogP contribution in [0.5, 0.6) is 0 Å². The Balaban J connectivity index is 2.28. The molecule has 0 fully saturated rings. The molecule has 0 aromatic carbocycles. The number of nitrogens with zero attached hydrogens (tertiary/aromatic N) is 3. The molecule has 2 aromatic heterocycles. The molecule has 2 rings (SSSR count). The molecular weight excluding hydrogens is 284 g/mol. The molecule has 0 aliphatic rings.